The van der Waals surface area contributed by atoms with Gasteiger partial charge >= 0.3 is 5.97 Å². The zero-order chi connectivity index (χ0) is 23.1. The summed E-state index contributed by atoms with van der Waals surface area (Å²) in [6.45, 7) is 2.89. The molecule has 1 aliphatic heterocycles. The molecule has 1 aliphatic rings. The summed E-state index contributed by atoms with van der Waals surface area (Å²) in [6, 6.07) is 5.19. The normalized spacial score (nSPS) is 15.1. The molecule has 1 aromatic carbocycles. The van der Waals surface area contributed by atoms with Crippen molar-refractivity contribution in [2.45, 2.75) is 20.3 Å². The fourth-order valence-corrected chi connectivity index (χ4v) is 3.12. The summed E-state index contributed by atoms with van der Waals surface area (Å²) in [7, 11) is 4.43. The standard InChI is InChI=1S/C22H24N2O7/c1-13-16(9-15-10-18(28-3)20(30-5)19(11-15)29-4)21(26)24(22(27)17(13)12-23)7-6-8-31-14(2)25/h9-11H,6-8H2,1-5H3/b16-9+. The molecule has 2 rings (SSSR count). The quantitative estimate of drug-likeness (QED) is 0.268. The summed E-state index contributed by atoms with van der Waals surface area (Å²) in [4.78, 5) is 37.6. The molecule has 164 valence electrons. The predicted molar refractivity (Wildman–Crippen MR) is 110 cm³/mol. The molecule has 0 unspecified atom stereocenters. The number of carbonyl (C=O) groups is 3. The molecule has 0 fully saturated rings. The summed E-state index contributed by atoms with van der Waals surface area (Å²) in [6.07, 6.45) is 1.82. The van der Waals surface area contributed by atoms with Crippen molar-refractivity contribution in [1.82, 2.24) is 4.90 Å². The van der Waals surface area contributed by atoms with Crippen molar-refractivity contribution in [2.24, 2.45) is 0 Å². The van der Waals surface area contributed by atoms with E-state index in [1.54, 1.807) is 25.1 Å². The molecule has 9 heteroatoms. The van der Waals surface area contributed by atoms with Gasteiger partial charge < -0.3 is 18.9 Å². The van der Waals surface area contributed by atoms with Gasteiger partial charge in [0.1, 0.15) is 11.6 Å². The predicted octanol–water partition coefficient (Wildman–Crippen LogP) is 2.26. The van der Waals surface area contributed by atoms with E-state index in [4.69, 9.17) is 18.9 Å². The van der Waals surface area contributed by atoms with Crippen LogP contribution in [-0.2, 0) is 19.1 Å². The van der Waals surface area contributed by atoms with Gasteiger partial charge in [-0.15, -0.1) is 0 Å². The van der Waals surface area contributed by atoms with E-state index in [9.17, 15) is 19.6 Å². The average Bonchev–Trinajstić information content (AvgIpc) is 2.75. The number of imide groups is 1. The Morgan fingerprint density at radius 3 is 2.19 bits per heavy atom. The van der Waals surface area contributed by atoms with Crippen LogP contribution in [0.1, 0.15) is 25.8 Å². The molecule has 0 atom stereocenters. The number of ether oxygens (including phenoxy) is 4. The maximum Gasteiger partial charge on any atom is 0.302 e. The van der Waals surface area contributed by atoms with Crippen molar-refractivity contribution in [3.05, 3.63) is 34.4 Å². The highest BCUT2D eigenvalue weighted by molar-refractivity contribution is 6.19. The number of nitriles is 1. The number of nitrogens with zero attached hydrogens (tertiary/aromatic N) is 2. The van der Waals surface area contributed by atoms with Crippen LogP contribution in [-0.4, -0.2) is 57.2 Å². The third-order valence-corrected chi connectivity index (χ3v) is 4.65. The molecular weight excluding hydrogens is 404 g/mol. The van der Waals surface area contributed by atoms with E-state index in [-0.39, 0.29) is 36.3 Å². The van der Waals surface area contributed by atoms with Crippen LogP contribution in [0.2, 0.25) is 0 Å². The Balaban J connectivity index is 2.48. The van der Waals surface area contributed by atoms with E-state index in [2.05, 4.69) is 0 Å². The van der Waals surface area contributed by atoms with Gasteiger partial charge in [0.25, 0.3) is 11.8 Å². The van der Waals surface area contributed by atoms with Crippen LogP contribution in [0.3, 0.4) is 0 Å². The van der Waals surface area contributed by atoms with Gasteiger partial charge in [-0.1, -0.05) is 0 Å². The average molecular weight is 428 g/mol. The third-order valence-electron chi connectivity index (χ3n) is 4.65. The molecule has 0 saturated heterocycles. The van der Waals surface area contributed by atoms with E-state index < -0.39 is 17.8 Å². The van der Waals surface area contributed by atoms with Crippen molar-refractivity contribution >= 4 is 23.9 Å². The Labute approximate surface area is 180 Å². The Morgan fingerprint density at radius 2 is 1.71 bits per heavy atom. The minimum Gasteiger partial charge on any atom is -0.493 e. The second-order valence-electron chi connectivity index (χ2n) is 6.58. The zero-order valence-corrected chi connectivity index (χ0v) is 18.1. The van der Waals surface area contributed by atoms with Gasteiger partial charge in [-0.2, -0.15) is 5.26 Å². The van der Waals surface area contributed by atoms with E-state index in [0.717, 1.165) is 4.90 Å². The first-order chi connectivity index (χ1) is 14.8. The number of hydrogen-bond donors (Lipinski definition) is 0. The molecule has 0 saturated carbocycles. The third kappa shape index (κ3) is 5.04. The van der Waals surface area contributed by atoms with Crippen LogP contribution in [0, 0.1) is 11.3 Å². The van der Waals surface area contributed by atoms with Gasteiger partial charge in [-0.3, -0.25) is 19.3 Å². The van der Waals surface area contributed by atoms with E-state index in [0.29, 0.717) is 22.8 Å². The Morgan fingerprint density at radius 1 is 1.10 bits per heavy atom. The van der Waals surface area contributed by atoms with E-state index >= 15 is 0 Å². The monoisotopic (exact) mass is 428 g/mol. The van der Waals surface area contributed by atoms with Crippen molar-refractivity contribution in [1.29, 1.82) is 5.26 Å². The number of rotatable bonds is 8. The maximum absolute atomic E-state index is 13.1. The number of hydrogen-bond acceptors (Lipinski definition) is 8. The van der Waals surface area contributed by atoms with E-state index in [1.807, 2.05) is 6.07 Å². The smallest absolute Gasteiger partial charge is 0.302 e. The van der Waals surface area contributed by atoms with Gasteiger partial charge in [0.15, 0.2) is 11.5 Å². The van der Waals surface area contributed by atoms with Gasteiger partial charge in [-0.05, 0) is 42.7 Å². The fraction of sp³-hybridized carbons (Fsp3) is 0.364. The summed E-state index contributed by atoms with van der Waals surface area (Å²) in [5, 5.41) is 9.48. The van der Waals surface area contributed by atoms with Crippen molar-refractivity contribution in [3.8, 4) is 23.3 Å². The molecule has 9 nitrogen and oxygen atoms in total. The van der Waals surface area contributed by atoms with Crippen molar-refractivity contribution in [3.63, 3.8) is 0 Å². The molecule has 0 N–H and O–H groups in total. The first-order valence-electron chi connectivity index (χ1n) is 9.41. The molecule has 0 spiro atoms. The molecule has 1 heterocycles. The highest BCUT2D eigenvalue weighted by Gasteiger charge is 2.35. The molecule has 2 amide bonds. The van der Waals surface area contributed by atoms with E-state index in [1.165, 1.54) is 28.3 Å². The lowest BCUT2D eigenvalue weighted by molar-refractivity contribution is -0.141. The van der Waals surface area contributed by atoms with Crippen molar-refractivity contribution in [2.75, 3.05) is 34.5 Å². The van der Waals surface area contributed by atoms with Gasteiger partial charge in [0.2, 0.25) is 5.75 Å². The minimum atomic E-state index is -0.671. The number of esters is 1. The Bertz CT molecular complexity index is 977. The SMILES string of the molecule is COc1cc(/C=C2/C(=O)N(CCCOC(C)=O)C(=O)C(C#N)=C2C)cc(OC)c1OC. The molecule has 31 heavy (non-hydrogen) atoms. The first-order valence-corrected chi connectivity index (χ1v) is 9.41. The summed E-state index contributed by atoms with van der Waals surface area (Å²) in [5.41, 5.74) is 0.912. The van der Waals surface area contributed by atoms with Crippen LogP contribution in [0.15, 0.2) is 28.9 Å². The molecular formula is C22H24N2O7. The lowest BCUT2D eigenvalue weighted by Crippen LogP contribution is -2.43. The number of methoxy groups -OCH3 is 3. The largest absolute Gasteiger partial charge is 0.493 e. The zero-order valence-electron chi connectivity index (χ0n) is 18.1. The molecule has 0 bridgehead atoms. The molecule has 0 aliphatic carbocycles. The summed E-state index contributed by atoms with van der Waals surface area (Å²) in [5.74, 6) is -0.475. The summed E-state index contributed by atoms with van der Waals surface area (Å²) < 4.78 is 20.8. The topological polar surface area (TPSA) is 115 Å². The summed E-state index contributed by atoms with van der Waals surface area (Å²) >= 11 is 0. The Kier molecular flexibility index (Phi) is 7.80. The number of carbonyl (C=O) groups excluding carboxylic acids is 3. The first kappa shape index (κ1) is 23.5. The Hall–Kier alpha value is -3.80. The molecule has 1 aromatic rings. The second-order valence-corrected chi connectivity index (χ2v) is 6.58. The molecule has 0 aromatic heterocycles. The second kappa shape index (κ2) is 10.3. The lowest BCUT2D eigenvalue weighted by Gasteiger charge is -2.27. The molecule has 0 radical (unpaired) electrons. The maximum atomic E-state index is 13.1. The number of benzene rings is 1. The van der Waals surface area contributed by atoms with Crippen LogP contribution in [0.5, 0.6) is 17.2 Å². The van der Waals surface area contributed by atoms with Crippen LogP contribution in [0.4, 0.5) is 0 Å². The number of amides is 2. The van der Waals surface area contributed by atoms with Gasteiger partial charge in [-0.25, -0.2) is 0 Å². The van der Waals surface area contributed by atoms with Gasteiger partial charge in [0.05, 0.1) is 27.9 Å². The highest BCUT2D eigenvalue weighted by Crippen LogP contribution is 2.39. The highest BCUT2D eigenvalue weighted by atomic mass is 16.5. The van der Waals surface area contributed by atoms with Crippen LogP contribution in [0.25, 0.3) is 6.08 Å². The van der Waals surface area contributed by atoms with Crippen LogP contribution >= 0.6 is 0 Å². The van der Waals surface area contributed by atoms with Crippen LogP contribution < -0.4 is 14.2 Å². The fourth-order valence-electron chi connectivity index (χ4n) is 3.12. The minimum absolute atomic E-state index is 0.00992. The van der Waals surface area contributed by atoms with Crippen molar-refractivity contribution < 1.29 is 33.3 Å². The van der Waals surface area contributed by atoms with Gasteiger partial charge in [0, 0.05) is 19.0 Å². The lowest BCUT2D eigenvalue weighted by atomic mass is 9.93.